The minimum atomic E-state index is -0.549. The van der Waals surface area contributed by atoms with Crippen LogP contribution in [0.5, 0.6) is 0 Å². The third-order valence-electron chi connectivity index (χ3n) is 2.56. The number of nitrogens with one attached hydrogen (secondary N) is 2. The Kier molecular flexibility index (Phi) is 4.07. The van der Waals surface area contributed by atoms with Crippen LogP contribution in [0, 0.1) is 0 Å². The third-order valence-corrected chi connectivity index (χ3v) is 2.56. The van der Waals surface area contributed by atoms with Gasteiger partial charge in [-0.15, -0.1) is 0 Å². The zero-order valence-corrected chi connectivity index (χ0v) is 12.1. The quantitative estimate of drug-likeness (QED) is 0.889. The lowest BCUT2D eigenvalue weighted by molar-refractivity contribution is 0.0636. The van der Waals surface area contributed by atoms with E-state index < -0.39 is 11.7 Å². The van der Waals surface area contributed by atoms with Crippen molar-refractivity contribution in [2.45, 2.75) is 26.4 Å². The van der Waals surface area contributed by atoms with Crippen LogP contribution in [0.2, 0.25) is 0 Å². The van der Waals surface area contributed by atoms with E-state index in [2.05, 4.69) is 15.3 Å². The number of H-pyrrole nitrogens is 1. The lowest BCUT2D eigenvalue weighted by Crippen LogP contribution is -2.27. The molecule has 2 N–H and O–H groups in total. The van der Waals surface area contributed by atoms with Crippen LogP contribution < -0.4 is 10.9 Å². The Bertz CT molecular complexity index is 684. The summed E-state index contributed by atoms with van der Waals surface area (Å²) in [5.74, 6) is 0. The van der Waals surface area contributed by atoms with Gasteiger partial charge in [0.05, 0.1) is 11.9 Å². The largest absolute Gasteiger partial charge is 0.444 e. The van der Waals surface area contributed by atoms with Gasteiger partial charge in [-0.05, 0) is 38.5 Å². The lowest BCUT2D eigenvalue weighted by atomic mass is 10.1. The SMILES string of the molecule is CC(C)(C)OC(=O)Nc1ccc(-c2cnc[nH]c2=O)cc1. The standard InChI is InChI=1S/C15H17N3O3/c1-15(2,3)21-14(20)18-11-6-4-10(5-7-11)12-8-16-9-17-13(12)19/h4-9H,1-3H3,(H,18,20)(H,16,17,19). The van der Waals surface area contributed by atoms with Crippen molar-refractivity contribution < 1.29 is 9.53 Å². The van der Waals surface area contributed by atoms with Gasteiger partial charge in [0.15, 0.2) is 0 Å². The molecule has 0 aliphatic heterocycles. The molecule has 0 unspecified atom stereocenters. The molecule has 1 aromatic heterocycles. The first-order valence-corrected chi connectivity index (χ1v) is 6.48. The first kappa shape index (κ1) is 14.8. The van der Waals surface area contributed by atoms with Crippen molar-refractivity contribution in [1.29, 1.82) is 0 Å². The summed E-state index contributed by atoms with van der Waals surface area (Å²) in [5, 5.41) is 2.63. The van der Waals surface area contributed by atoms with Crippen LogP contribution in [0.3, 0.4) is 0 Å². The monoisotopic (exact) mass is 287 g/mol. The highest BCUT2D eigenvalue weighted by Crippen LogP contribution is 2.18. The lowest BCUT2D eigenvalue weighted by Gasteiger charge is -2.19. The Morgan fingerprint density at radius 3 is 2.48 bits per heavy atom. The molecule has 0 saturated heterocycles. The first-order chi connectivity index (χ1) is 9.85. The molecule has 6 heteroatoms. The summed E-state index contributed by atoms with van der Waals surface area (Å²) in [4.78, 5) is 29.7. The van der Waals surface area contributed by atoms with Crippen molar-refractivity contribution in [3.63, 3.8) is 0 Å². The van der Waals surface area contributed by atoms with Gasteiger partial charge in [0, 0.05) is 11.9 Å². The molecule has 0 spiro atoms. The van der Waals surface area contributed by atoms with Crippen LogP contribution in [-0.2, 0) is 4.74 Å². The Balaban J connectivity index is 2.11. The maximum Gasteiger partial charge on any atom is 0.412 e. The molecule has 1 amide bonds. The topological polar surface area (TPSA) is 84.1 Å². The van der Waals surface area contributed by atoms with Crippen molar-refractivity contribution in [3.05, 3.63) is 47.1 Å². The van der Waals surface area contributed by atoms with Gasteiger partial charge >= 0.3 is 6.09 Å². The zero-order chi connectivity index (χ0) is 15.5. The van der Waals surface area contributed by atoms with Crippen LogP contribution in [0.15, 0.2) is 41.6 Å². The molecule has 2 rings (SSSR count). The molecular weight excluding hydrogens is 270 g/mol. The fraction of sp³-hybridized carbons (Fsp3) is 0.267. The summed E-state index contributed by atoms with van der Waals surface area (Å²) in [5.41, 5.74) is 1.03. The number of aromatic nitrogens is 2. The van der Waals surface area contributed by atoms with E-state index in [1.54, 1.807) is 45.0 Å². The molecule has 2 aromatic rings. The Morgan fingerprint density at radius 2 is 1.90 bits per heavy atom. The van der Waals surface area contributed by atoms with E-state index in [0.29, 0.717) is 11.3 Å². The number of hydrogen-bond acceptors (Lipinski definition) is 4. The first-order valence-electron chi connectivity index (χ1n) is 6.48. The predicted molar refractivity (Wildman–Crippen MR) is 80.2 cm³/mol. The molecule has 0 aliphatic rings. The van der Waals surface area contributed by atoms with Gasteiger partial charge in [-0.25, -0.2) is 9.78 Å². The minimum Gasteiger partial charge on any atom is -0.444 e. The molecule has 110 valence electrons. The summed E-state index contributed by atoms with van der Waals surface area (Å²) in [7, 11) is 0. The summed E-state index contributed by atoms with van der Waals surface area (Å²) in [6.45, 7) is 5.39. The number of amides is 1. The van der Waals surface area contributed by atoms with E-state index in [1.807, 2.05) is 0 Å². The molecule has 1 heterocycles. The molecule has 0 saturated carbocycles. The third kappa shape index (κ3) is 4.17. The number of hydrogen-bond donors (Lipinski definition) is 2. The number of anilines is 1. The normalized spacial score (nSPS) is 11.0. The maximum absolute atomic E-state index is 11.7. The summed E-state index contributed by atoms with van der Waals surface area (Å²) < 4.78 is 5.16. The molecule has 0 aliphatic carbocycles. The average molecular weight is 287 g/mol. The van der Waals surface area contributed by atoms with Crippen LogP contribution >= 0.6 is 0 Å². The molecule has 0 fully saturated rings. The highest BCUT2D eigenvalue weighted by Gasteiger charge is 2.16. The number of rotatable bonds is 2. The minimum absolute atomic E-state index is 0.210. The number of carbonyl (C=O) groups is 1. The van der Waals surface area contributed by atoms with E-state index >= 15 is 0 Å². The summed E-state index contributed by atoms with van der Waals surface area (Å²) in [6.07, 6.45) is 2.31. The van der Waals surface area contributed by atoms with Crippen molar-refractivity contribution >= 4 is 11.8 Å². The van der Waals surface area contributed by atoms with E-state index in [0.717, 1.165) is 5.56 Å². The van der Waals surface area contributed by atoms with Crippen molar-refractivity contribution in [2.24, 2.45) is 0 Å². The van der Waals surface area contributed by atoms with E-state index in [9.17, 15) is 9.59 Å². The van der Waals surface area contributed by atoms with Gasteiger partial charge in [0.25, 0.3) is 5.56 Å². The second-order valence-electron chi connectivity index (χ2n) is 5.50. The van der Waals surface area contributed by atoms with E-state index in [1.165, 1.54) is 12.5 Å². The number of benzene rings is 1. The van der Waals surface area contributed by atoms with E-state index in [4.69, 9.17) is 4.74 Å². The number of aromatic amines is 1. The highest BCUT2D eigenvalue weighted by molar-refractivity contribution is 5.85. The van der Waals surface area contributed by atoms with Gasteiger partial charge in [-0.3, -0.25) is 10.1 Å². The average Bonchev–Trinajstić information content (AvgIpc) is 2.38. The number of nitrogens with zero attached hydrogens (tertiary/aromatic N) is 1. The van der Waals surface area contributed by atoms with Crippen molar-refractivity contribution in [3.8, 4) is 11.1 Å². The highest BCUT2D eigenvalue weighted by atomic mass is 16.6. The fourth-order valence-corrected chi connectivity index (χ4v) is 1.70. The summed E-state index contributed by atoms with van der Waals surface area (Å²) in [6, 6.07) is 6.87. The molecule has 0 atom stereocenters. The molecule has 0 bridgehead atoms. The Labute approximate surface area is 122 Å². The summed E-state index contributed by atoms with van der Waals surface area (Å²) >= 11 is 0. The van der Waals surface area contributed by atoms with Gasteiger partial charge in [0.1, 0.15) is 5.60 Å². The van der Waals surface area contributed by atoms with Crippen LogP contribution in [0.1, 0.15) is 20.8 Å². The second kappa shape index (κ2) is 5.78. The van der Waals surface area contributed by atoms with Crippen molar-refractivity contribution in [1.82, 2.24) is 9.97 Å². The van der Waals surface area contributed by atoms with Gasteiger partial charge < -0.3 is 9.72 Å². The molecular formula is C15H17N3O3. The van der Waals surface area contributed by atoms with Gasteiger partial charge in [0.2, 0.25) is 0 Å². The Morgan fingerprint density at radius 1 is 1.24 bits per heavy atom. The maximum atomic E-state index is 11.7. The zero-order valence-electron chi connectivity index (χ0n) is 12.1. The number of ether oxygens (including phenoxy) is 1. The molecule has 21 heavy (non-hydrogen) atoms. The Hall–Kier alpha value is -2.63. The van der Waals surface area contributed by atoms with Gasteiger partial charge in [-0.2, -0.15) is 0 Å². The molecule has 6 nitrogen and oxygen atoms in total. The van der Waals surface area contributed by atoms with Crippen LogP contribution in [0.4, 0.5) is 10.5 Å². The predicted octanol–water partition coefficient (Wildman–Crippen LogP) is 2.78. The fourth-order valence-electron chi connectivity index (χ4n) is 1.70. The molecule has 0 radical (unpaired) electrons. The van der Waals surface area contributed by atoms with Crippen LogP contribution in [0.25, 0.3) is 11.1 Å². The second-order valence-corrected chi connectivity index (χ2v) is 5.50. The van der Waals surface area contributed by atoms with Crippen LogP contribution in [-0.4, -0.2) is 21.7 Å². The number of carbonyl (C=O) groups excluding carboxylic acids is 1. The van der Waals surface area contributed by atoms with Gasteiger partial charge in [-0.1, -0.05) is 12.1 Å². The van der Waals surface area contributed by atoms with Crippen molar-refractivity contribution in [2.75, 3.05) is 5.32 Å². The van der Waals surface area contributed by atoms with E-state index in [-0.39, 0.29) is 5.56 Å². The molecule has 1 aromatic carbocycles. The smallest absolute Gasteiger partial charge is 0.412 e.